The van der Waals surface area contributed by atoms with E-state index >= 15 is 0 Å². The first-order chi connectivity index (χ1) is 8.05. The van der Waals surface area contributed by atoms with Gasteiger partial charge in [-0.3, -0.25) is 5.32 Å². The maximum atomic E-state index is 12.5. The summed E-state index contributed by atoms with van der Waals surface area (Å²) in [5.74, 6) is 0. The van der Waals surface area contributed by atoms with Gasteiger partial charge in [0, 0.05) is 13.0 Å². The van der Waals surface area contributed by atoms with Crippen LogP contribution in [0.25, 0.3) is 0 Å². The van der Waals surface area contributed by atoms with Gasteiger partial charge in [0.05, 0.1) is 5.56 Å². The molecule has 5 heteroatoms. The van der Waals surface area contributed by atoms with E-state index in [1.165, 1.54) is 12.1 Å². The molecule has 1 aromatic rings. The van der Waals surface area contributed by atoms with E-state index in [4.69, 9.17) is 4.74 Å². The normalized spacial score (nSPS) is 21.5. The van der Waals surface area contributed by atoms with Crippen molar-refractivity contribution in [3.63, 3.8) is 0 Å². The van der Waals surface area contributed by atoms with Crippen molar-refractivity contribution in [3.05, 3.63) is 35.4 Å². The second kappa shape index (κ2) is 5.06. The predicted molar refractivity (Wildman–Crippen MR) is 57.5 cm³/mol. The molecule has 1 saturated heterocycles. The molecule has 1 aromatic carbocycles. The Kier molecular flexibility index (Phi) is 3.69. The summed E-state index contributed by atoms with van der Waals surface area (Å²) >= 11 is 0. The lowest BCUT2D eigenvalue weighted by Crippen LogP contribution is -2.39. The number of alkyl halides is 3. The second-order valence-electron chi connectivity index (χ2n) is 4.07. The Bertz CT molecular complexity index is 372. The van der Waals surface area contributed by atoms with Crippen molar-refractivity contribution >= 4 is 0 Å². The summed E-state index contributed by atoms with van der Waals surface area (Å²) < 4.78 is 42.9. The Morgan fingerprint density at radius 2 is 2.18 bits per heavy atom. The van der Waals surface area contributed by atoms with Crippen LogP contribution < -0.4 is 5.32 Å². The number of hydrogen-bond donors (Lipinski definition) is 1. The fraction of sp³-hybridized carbons (Fsp3) is 0.500. The average molecular weight is 245 g/mol. The molecule has 1 fully saturated rings. The Morgan fingerprint density at radius 3 is 2.82 bits per heavy atom. The largest absolute Gasteiger partial charge is 0.416 e. The third-order valence-electron chi connectivity index (χ3n) is 2.69. The first-order valence-corrected chi connectivity index (χ1v) is 5.57. The minimum Gasteiger partial charge on any atom is -0.363 e. The molecular formula is C12H14F3NO. The minimum atomic E-state index is -4.28. The van der Waals surface area contributed by atoms with Crippen molar-refractivity contribution in [2.45, 2.75) is 25.2 Å². The zero-order valence-corrected chi connectivity index (χ0v) is 9.26. The number of hydrogen-bond acceptors (Lipinski definition) is 2. The minimum absolute atomic E-state index is 0.174. The van der Waals surface area contributed by atoms with Crippen LogP contribution in [0.15, 0.2) is 24.3 Å². The van der Waals surface area contributed by atoms with Crippen LogP contribution in [0.1, 0.15) is 17.5 Å². The summed E-state index contributed by atoms with van der Waals surface area (Å²) in [5.41, 5.74) is 0.0324. The Morgan fingerprint density at radius 1 is 1.35 bits per heavy atom. The summed E-state index contributed by atoms with van der Waals surface area (Å²) in [6.45, 7) is 1.51. The molecule has 0 saturated carbocycles. The van der Waals surface area contributed by atoms with Crippen LogP contribution in [0.5, 0.6) is 0 Å². The quantitative estimate of drug-likeness (QED) is 0.864. The average Bonchev–Trinajstić information content (AvgIpc) is 2.29. The van der Waals surface area contributed by atoms with Gasteiger partial charge in [0.1, 0.15) is 6.23 Å². The lowest BCUT2D eigenvalue weighted by molar-refractivity contribution is -0.137. The van der Waals surface area contributed by atoms with Crippen LogP contribution in [-0.4, -0.2) is 19.4 Å². The van der Waals surface area contributed by atoms with Crippen molar-refractivity contribution < 1.29 is 17.9 Å². The van der Waals surface area contributed by atoms with E-state index in [-0.39, 0.29) is 6.23 Å². The number of benzene rings is 1. The molecule has 0 radical (unpaired) electrons. The molecule has 0 bridgehead atoms. The van der Waals surface area contributed by atoms with E-state index < -0.39 is 11.7 Å². The van der Waals surface area contributed by atoms with Crippen LogP contribution in [-0.2, 0) is 17.3 Å². The molecule has 1 aliphatic rings. The highest BCUT2D eigenvalue weighted by Gasteiger charge is 2.30. The highest BCUT2D eigenvalue weighted by molar-refractivity contribution is 5.26. The molecule has 94 valence electrons. The van der Waals surface area contributed by atoms with Crippen LogP contribution in [0.2, 0.25) is 0 Å². The third kappa shape index (κ3) is 3.44. The lowest BCUT2D eigenvalue weighted by Gasteiger charge is -2.24. The Hall–Kier alpha value is -1.07. The van der Waals surface area contributed by atoms with Crippen molar-refractivity contribution in [1.29, 1.82) is 0 Å². The highest BCUT2D eigenvalue weighted by atomic mass is 19.4. The van der Waals surface area contributed by atoms with Gasteiger partial charge in [0.15, 0.2) is 0 Å². The zero-order valence-electron chi connectivity index (χ0n) is 9.26. The molecule has 0 aromatic heterocycles. The van der Waals surface area contributed by atoms with Gasteiger partial charge in [-0.15, -0.1) is 0 Å². The van der Waals surface area contributed by atoms with Gasteiger partial charge in [-0.1, -0.05) is 18.2 Å². The smallest absolute Gasteiger partial charge is 0.363 e. The van der Waals surface area contributed by atoms with E-state index in [2.05, 4.69) is 5.32 Å². The molecule has 0 amide bonds. The summed E-state index contributed by atoms with van der Waals surface area (Å²) in [6.07, 6.45) is -3.05. The van der Waals surface area contributed by atoms with Gasteiger partial charge in [-0.05, 0) is 24.6 Å². The van der Waals surface area contributed by atoms with E-state index in [9.17, 15) is 13.2 Å². The van der Waals surface area contributed by atoms with Crippen molar-refractivity contribution in [3.8, 4) is 0 Å². The summed E-state index contributed by atoms with van der Waals surface area (Å²) in [5, 5.41) is 3.12. The monoisotopic (exact) mass is 245 g/mol. The summed E-state index contributed by atoms with van der Waals surface area (Å²) in [4.78, 5) is 0. The molecule has 1 heterocycles. The number of ether oxygens (including phenoxy) is 1. The zero-order chi connectivity index (χ0) is 12.3. The summed E-state index contributed by atoms with van der Waals surface area (Å²) in [6, 6.07) is 5.38. The molecule has 0 spiro atoms. The van der Waals surface area contributed by atoms with Gasteiger partial charge < -0.3 is 4.74 Å². The molecule has 1 aliphatic heterocycles. The lowest BCUT2D eigenvalue weighted by atomic mass is 10.1. The molecule has 1 atom stereocenters. The van der Waals surface area contributed by atoms with Crippen molar-refractivity contribution in [1.82, 2.24) is 5.32 Å². The fourth-order valence-corrected chi connectivity index (χ4v) is 1.84. The molecule has 1 unspecified atom stereocenters. The topological polar surface area (TPSA) is 21.3 Å². The first kappa shape index (κ1) is 12.4. The number of halogens is 3. The SMILES string of the molecule is FC(F)(F)c1cccc(CC2NCCCO2)c1. The molecule has 2 nitrogen and oxygen atoms in total. The first-order valence-electron chi connectivity index (χ1n) is 5.57. The van der Waals surface area contributed by atoms with Crippen molar-refractivity contribution in [2.75, 3.05) is 13.2 Å². The maximum Gasteiger partial charge on any atom is 0.416 e. The highest BCUT2D eigenvalue weighted by Crippen LogP contribution is 2.29. The molecule has 0 aliphatic carbocycles. The van der Waals surface area contributed by atoms with E-state index in [1.807, 2.05) is 0 Å². The third-order valence-corrected chi connectivity index (χ3v) is 2.69. The molecular weight excluding hydrogens is 231 g/mol. The van der Waals surface area contributed by atoms with Crippen LogP contribution in [0.3, 0.4) is 0 Å². The summed E-state index contributed by atoms with van der Waals surface area (Å²) in [7, 11) is 0. The molecule has 1 N–H and O–H groups in total. The van der Waals surface area contributed by atoms with Crippen LogP contribution >= 0.6 is 0 Å². The van der Waals surface area contributed by atoms with E-state index in [1.54, 1.807) is 6.07 Å². The van der Waals surface area contributed by atoms with Gasteiger partial charge >= 0.3 is 6.18 Å². The number of rotatable bonds is 2. The number of nitrogens with one attached hydrogen (secondary N) is 1. The molecule has 2 rings (SSSR count). The van der Waals surface area contributed by atoms with E-state index in [0.717, 1.165) is 19.0 Å². The van der Waals surface area contributed by atoms with Gasteiger partial charge in [-0.2, -0.15) is 13.2 Å². The Balaban J connectivity index is 2.05. The van der Waals surface area contributed by atoms with Gasteiger partial charge in [0.25, 0.3) is 0 Å². The van der Waals surface area contributed by atoms with E-state index in [0.29, 0.717) is 18.6 Å². The Labute approximate surface area is 97.8 Å². The second-order valence-corrected chi connectivity index (χ2v) is 4.07. The predicted octanol–water partition coefficient (Wildman–Crippen LogP) is 2.58. The van der Waals surface area contributed by atoms with Gasteiger partial charge in [0.2, 0.25) is 0 Å². The van der Waals surface area contributed by atoms with Crippen LogP contribution in [0.4, 0.5) is 13.2 Å². The van der Waals surface area contributed by atoms with Gasteiger partial charge in [-0.25, -0.2) is 0 Å². The fourth-order valence-electron chi connectivity index (χ4n) is 1.84. The van der Waals surface area contributed by atoms with Crippen molar-refractivity contribution in [2.24, 2.45) is 0 Å². The maximum absolute atomic E-state index is 12.5. The standard InChI is InChI=1S/C12H14F3NO/c13-12(14,15)10-4-1-3-9(7-10)8-11-16-5-2-6-17-11/h1,3-4,7,11,16H,2,5-6,8H2. The van der Waals surface area contributed by atoms with Crippen LogP contribution in [0, 0.1) is 0 Å². The molecule has 17 heavy (non-hydrogen) atoms.